The maximum absolute atomic E-state index is 13.8. The molecule has 0 saturated carbocycles. The van der Waals surface area contributed by atoms with Crippen molar-refractivity contribution in [3.8, 4) is 5.75 Å². The van der Waals surface area contributed by atoms with Gasteiger partial charge in [0, 0.05) is 64.4 Å². The lowest BCUT2D eigenvalue weighted by atomic mass is 9.80. The molecule has 5 fully saturated rings. The van der Waals surface area contributed by atoms with E-state index in [2.05, 4.69) is 25.8 Å². The highest BCUT2D eigenvalue weighted by Crippen LogP contribution is 2.32. The number of methoxy groups -OCH3 is 1. The van der Waals surface area contributed by atoms with Crippen LogP contribution in [0, 0.1) is 11.8 Å². The zero-order valence-electron chi connectivity index (χ0n) is 27.4. The van der Waals surface area contributed by atoms with Gasteiger partial charge in [-0.25, -0.2) is 0 Å². The Hall–Kier alpha value is -2.81. The molecule has 260 valence electrons. The molecule has 0 aliphatic carbocycles. The van der Waals surface area contributed by atoms with Crippen LogP contribution in [-0.4, -0.2) is 133 Å². The van der Waals surface area contributed by atoms with E-state index in [1.165, 1.54) is 0 Å². The Morgan fingerprint density at radius 2 is 1.74 bits per heavy atom. The summed E-state index contributed by atoms with van der Waals surface area (Å²) in [7, 11) is 1.62. The van der Waals surface area contributed by atoms with Crippen molar-refractivity contribution in [2.45, 2.75) is 94.0 Å². The molecule has 5 aliphatic heterocycles. The fraction of sp³-hybridized carbons (Fsp3) is 0.735. The van der Waals surface area contributed by atoms with Crippen LogP contribution < -0.4 is 20.7 Å². The zero-order chi connectivity index (χ0) is 32.9. The summed E-state index contributed by atoms with van der Waals surface area (Å²) in [5.41, 5.74) is 1.00. The minimum Gasteiger partial charge on any atom is -0.497 e. The number of carbonyl (C=O) groups excluding carboxylic acids is 3. The number of aliphatic hydroxyl groups is 2. The molecule has 5 heterocycles. The standard InChI is InChI=1S/C34H51N5O8/c1-45-26-4-2-3-21(13-26)18-39-20-24-15-27(39)34(44)35-9-5-23-19-38(25-7-11-46-12-8-25)10-6-22(23)14-30(40)36-17-29-33(43)32(42)28(47-29)16-31(41)37-24/h2-4,13,22-25,27-29,32-33,42-43H,5-12,14-20H2,1H3,(H,35,44)(H,36,40)(H,37,41)/t22-,23-,24+,27-,28-,29+,32?,33?/m0/s1. The molecule has 6 rings (SSSR count). The summed E-state index contributed by atoms with van der Waals surface area (Å²) in [6.07, 6.45) is 0.131. The quantitative estimate of drug-likeness (QED) is 0.293. The molecule has 1 aromatic rings. The molecule has 0 aromatic heterocycles. The lowest BCUT2D eigenvalue weighted by molar-refractivity contribution is -0.127. The summed E-state index contributed by atoms with van der Waals surface area (Å²) >= 11 is 0. The van der Waals surface area contributed by atoms with Gasteiger partial charge in [0.05, 0.1) is 25.7 Å². The van der Waals surface area contributed by atoms with Crippen molar-refractivity contribution in [2.75, 3.05) is 53.0 Å². The van der Waals surface area contributed by atoms with Gasteiger partial charge >= 0.3 is 0 Å². The first-order chi connectivity index (χ1) is 22.8. The van der Waals surface area contributed by atoms with E-state index in [0.717, 1.165) is 63.3 Å². The first kappa shape index (κ1) is 34.1. The molecule has 47 heavy (non-hydrogen) atoms. The van der Waals surface area contributed by atoms with Gasteiger partial charge in [0.15, 0.2) is 0 Å². The number of aliphatic hydroxyl groups excluding tert-OH is 2. The molecule has 2 unspecified atom stereocenters. The number of hydrogen-bond donors (Lipinski definition) is 5. The molecular weight excluding hydrogens is 606 g/mol. The second kappa shape index (κ2) is 15.6. The van der Waals surface area contributed by atoms with Gasteiger partial charge < -0.3 is 40.4 Å². The number of piperidine rings is 1. The molecule has 3 amide bonds. The Labute approximate surface area is 276 Å². The van der Waals surface area contributed by atoms with Crippen LogP contribution in [0.2, 0.25) is 0 Å². The highest BCUT2D eigenvalue weighted by Gasteiger charge is 2.44. The van der Waals surface area contributed by atoms with E-state index in [0.29, 0.717) is 38.5 Å². The summed E-state index contributed by atoms with van der Waals surface area (Å²) in [5, 5.41) is 30.5. The minimum atomic E-state index is -1.25. The molecule has 0 radical (unpaired) electrons. The SMILES string of the molecule is COc1cccc(CN2C[C@H]3C[C@H]2C(=O)NCC[C@H]2CN(C4CCOCC4)CC[C@H]2CC(=O)NC[C@H]2O[C@@H](CC(=O)N3)C(O)C2O)c1. The number of hydrogen-bond acceptors (Lipinski definition) is 10. The Kier molecular flexibility index (Phi) is 11.3. The van der Waals surface area contributed by atoms with Crippen LogP contribution >= 0.6 is 0 Å². The number of ether oxygens (including phenoxy) is 3. The second-order valence-electron chi connectivity index (χ2n) is 13.9. The highest BCUT2D eigenvalue weighted by atomic mass is 16.5. The van der Waals surface area contributed by atoms with Crippen LogP contribution in [0.25, 0.3) is 0 Å². The average molecular weight is 658 g/mol. The van der Waals surface area contributed by atoms with Gasteiger partial charge in [0.2, 0.25) is 17.7 Å². The number of amides is 3. The number of carbonyl (C=O) groups is 3. The normalized spacial score (nSPS) is 35.5. The molecule has 5 N–H and O–H groups in total. The second-order valence-corrected chi connectivity index (χ2v) is 13.9. The van der Waals surface area contributed by atoms with Crippen LogP contribution in [0.4, 0.5) is 0 Å². The maximum atomic E-state index is 13.8. The molecular formula is C34H51N5O8. The third-order valence-electron chi connectivity index (χ3n) is 10.8. The van der Waals surface area contributed by atoms with Crippen LogP contribution in [0.15, 0.2) is 24.3 Å². The van der Waals surface area contributed by atoms with Crippen LogP contribution in [0.3, 0.4) is 0 Å². The van der Waals surface area contributed by atoms with Gasteiger partial charge in [-0.2, -0.15) is 0 Å². The first-order valence-corrected chi connectivity index (χ1v) is 17.3. The summed E-state index contributed by atoms with van der Waals surface area (Å²) in [6.45, 7) is 4.90. The van der Waals surface area contributed by atoms with Crippen LogP contribution in [-0.2, 0) is 30.4 Å². The largest absolute Gasteiger partial charge is 0.497 e. The Morgan fingerprint density at radius 1 is 0.936 bits per heavy atom. The van der Waals surface area contributed by atoms with Crippen LogP contribution in [0.5, 0.6) is 5.75 Å². The summed E-state index contributed by atoms with van der Waals surface area (Å²) in [4.78, 5) is 44.7. The van der Waals surface area contributed by atoms with Crippen molar-refractivity contribution in [3.63, 3.8) is 0 Å². The van der Waals surface area contributed by atoms with Crippen molar-refractivity contribution in [2.24, 2.45) is 11.8 Å². The lowest BCUT2D eigenvalue weighted by Gasteiger charge is -2.43. The van der Waals surface area contributed by atoms with Crippen LogP contribution in [0.1, 0.15) is 50.5 Å². The Bertz CT molecular complexity index is 1250. The number of likely N-dealkylation sites (tertiary alicyclic amines) is 2. The van der Waals surface area contributed by atoms with E-state index in [1.54, 1.807) is 7.11 Å². The predicted molar refractivity (Wildman–Crippen MR) is 171 cm³/mol. The van der Waals surface area contributed by atoms with E-state index >= 15 is 0 Å². The molecule has 4 bridgehead atoms. The van der Waals surface area contributed by atoms with Gasteiger partial charge in [0.1, 0.15) is 24.1 Å². The lowest BCUT2D eigenvalue weighted by Crippen LogP contribution is -2.49. The zero-order valence-corrected chi connectivity index (χ0v) is 27.4. The maximum Gasteiger partial charge on any atom is 0.237 e. The van der Waals surface area contributed by atoms with Gasteiger partial charge in [0.25, 0.3) is 0 Å². The van der Waals surface area contributed by atoms with E-state index < -0.39 is 30.5 Å². The molecule has 5 saturated heterocycles. The predicted octanol–water partition coefficient (Wildman–Crippen LogP) is -0.223. The third-order valence-corrected chi connectivity index (χ3v) is 10.8. The van der Waals surface area contributed by atoms with Gasteiger partial charge in [-0.15, -0.1) is 0 Å². The van der Waals surface area contributed by atoms with Crippen molar-refractivity contribution >= 4 is 17.7 Å². The summed E-state index contributed by atoms with van der Waals surface area (Å²) in [6, 6.07) is 7.51. The number of fused-ring (bicyclic) bond motifs is 5. The average Bonchev–Trinajstić information content (AvgIpc) is 3.59. The number of rotatable bonds is 4. The number of nitrogens with zero attached hydrogens (tertiary/aromatic N) is 2. The van der Waals surface area contributed by atoms with Crippen molar-refractivity contribution in [1.82, 2.24) is 25.8 Å². The molecule has 13 nitrogen and oxygen atoms in total. The monoisotopic (exact) mass is 657 g/mol. The van der Waals surface area contributed by atoms with Gasteiger partial charge in [-0.1, -0.05) is 12.1 Å². The molecule has 8 atom stereocenters. The first-order valence-electron chi connectivity index (χ1n) is 17.3. The van der Waals surface area contributed by atoms with Crippen molar-refractivity contribution < 1.29 is 38.8 Å². The molecule has 13 heteroatoms. The smallest absolute Gasteiger partial charge is 0.237 e. The Balaban J connectivity index is 1.19. The van der Waals surface area contributed by atoms with Crippen molar-refractivity contribution in [3.05, 3.63) is 29.8 Å². The number of nitrogens with one attached hydrogen (secondary N) is 3. The van der Waals surface area contributed by atoms with E-state index in [-0.39, 0.29) is 48.6 Å². The highest BCUT2D eigenvalue weighted by molar-refractivity contribution is 5.83. The topological polar surface area (TPSA) is 162 Å². The van der Waals surface area contributed by atoms with E-state index in [4.69, 9.17) is 14.2 Å². The summed E-state index contributed by atoms with van der Waals surface area (Å²) < 4.78 is 16.9. The molecule has 1 aromatic carbocycles. The minimum absolute atomic E-state index is 0.0559. The van der Waals surface area contributed by atoms with Gasteiger partial charge in [-0.3, -0.25) is 24.2 Å². The van der Waals surface area contributed by atoms with Gasteiger partial charge in [-0.05, 0) is 68.2 Å². The molecule has 5 aliphatic rings. The molecule has 0 spiro atoms. The van der Waals surface area contributed by atoms with E-state index in [1.807, 2.05) is 24.3 Å². The van der Waals surface area contributed by atoms with E-state index in [9.17, 15) is 24.6 Å². The Morgan fingerprint density at radius 3 is 2.55 bits per heavy atom. The summed E-state index contributed by atoms with van der Waals surface area (Å²) in [5.74, 6) is 0.590. The fourth-order valence-corrected chi connectivity index (χ4v) is 8.20. The third kappa shape index (κ3) is 8.44. The van der Waals surface area contributed by atoms with Crippen molar-refractivity contribution in [1.29, 1.82) is 0 Å². The fourth-order valence-electron chi connectivity index (χ4n) is 8.20. The number of benzene rings is 1.